The minimum Gasteiger partial charge on any atom is -0.456 e. The summed E-state index contributed by atoms with van der Waals surface area (Å²) in [7, 11) is 0. The third kappa shape index (κ3) is 14.4. The van der Waals surface area contributed by atoms with E-state index in [-0.39, 0.29) is 0 Å². The lowest BCUT2D eigenvalue weighted by Crippen LogP contribution is -1.96. The first-order valence-corrected chi connectivity index (χ1v) is 50.8. The molecule has 31 rings (SSSR count). The Hall–Kier alpha value is -18.3. The van der Waals surface area contributed by atoms with Crippen molar-refractivity contribution in [1.82, 2.24) is 39.9 Å². The molecule has 0 aliphatic rings. The number of thiophene rings is 3. The average molecular weight is 1890 g/mol. The molecule has 144 heavy (non-hydrogen) atoms. The number of fused-ring (bicyclic) bond motifs is 30. The number of benzene rings is 23. The van der Waals surface area contributed by atoms with E-state index in [1.807, 2.05) is 70.4 Å². The molecule has 670 valence electrons. The fourth-order valence-electron chi connectivity index (χ4n) is 21.4. The monoisotopic (exact) mass is 1890 g/mol. The van der Waals surface area contributed by atoms with E-state index in [9.17, 15) is 0 Å². The van der Waals surface area contributed by atoms with Crippen molar-refractivity contribution in [1.29, 1.82) is 0 Å². The van der Waals surface area contributed by atoms with Gasteiger partial charge in [0.1, 0.15) is 11.2 Å². The van der Waals surface area contributed by atoms with Gasteiger partial charge in [0.15, 0.2) is 23.3 Å². The topological polar surface area (TPSA) is 116 Å². The van der Waals surface area contributed by atoms with Gasteiger partial charge in [0.2, 0.25) is 0 Å². The fraction of sp³-hybridized carbons (Fsp3) is 0. The molecule has 12 heteroatoms. The van der Waals surface area contributed by atoms with Crippen molar-refractivity contribution < 1.29 is 4.42 Å². The third-order valence-electron chi connectivity index (χ3n) is 28.1. The zero-order chi connectivity index (χ0) is 94.8. The molecule has 0 atom stereocenters. The molecule has 0 spiro atoms. The smallest absolute Gasteiger partial charge is 0.161 e. The first-order chi connectivity index (χ1) is 71.4. The molecule has 0 saturated heterocycles. The molecule has 0 bridgehead atoms. The molecule has 8 heterocycles. The highest BCUT2D eigenvalue weighted by atomic mass is 32.1. The van der Waals surface area contributed by atoms with Crippen LogP contribution in [0.15, 0.2) is 478 Å². The normalized spacial score (nSPS) is 11.8. The Kier molecular flexibility index (Phi) is 20.3. The zero-order valence-electron chi connectivity index (χ0n) is 77.2. The summed E-state index contributed by atoms with van der Waals surface area (Å²) in [5.41, 5.74) is 18.1. The van der Waals surface area contributed by atoms with E-state index in [1.165, 1.54) is 114 Å². The van der Waals surface area contributed by atoms with Gasteiger partial charge in [0.05, 0.1) is 44.8 Å². The van der Waals surface area contributed by atoms with Gasteiger partial charge in [-0.25, -0.2) is 39.9 Å². The van der Waals surface area contributed by atoms with E-state index in [1.54, 1.807) is 0 Å². The quantitative estimate of drug-likeness (QED) is 0.137. The van der Waals surface area contributed by atoms with Crippen molar-refractivity contribution in [3.8, 4) is 90.6 Å². The molecule has 0 unspecified atom stereocenters. The van der Waals surface area contributed by atoms with Crippen LogP contribution in [0.25, 0.3) is 292 Å². The van der Waals surface area contributed by atoms with Gasteiger partial charge in [-0.05, 0) is 115 Å². The Morgan fingerprint density at radius 2 is 0.493 bits per heavy atom. The summed E-state index contributed by atoms with van der Waals surface area (Å²) in [6.07, 6.45) is 0. The first-order valence-electron chi connectivity index (χ1n) is 48.3. The van der Waals surface area contributed by atoms with E-state index in [0.717, 1.165) is 172 Å². The Bertz CT molecular complexity index is 10700. The highest BCUT2D eigenvalue weighted by molar-refractivity contribution is 7.27. The molecule has 0 aliphatic heterocycles. The molecule has 9 nitrogen and oxygen atoms in total. The van der Waals surface area contributed by atoms with E-state index in [2.05, 4.69) is 437 Å². The van der Waals surface area contributed by atoms with E-state index in [4.69, 9.17) is 44.3 Å². The molecule has 23 aromatic carbocycles. The predicted molar refractivity (Wildman–Crippen MR) is 610 cm³/mol. The molecule has 0 amide bonds. The van der Waals surface area contributed by atoms with Crippen molar-refractivity contribution in [2.45, 2.75) is 0 Å². The second-order valence-electron chi connectivity index (χ2n) is 36.4. The summed E-state index contributed by atoms with van der Waals surface area (Å²) in [5.74, 6) is 3.01. The first kappa shape index (κ1) is 83.8. The van der Waals surface area contributed by atoms with Crippen LogP contribution in [-0.4, -0.2) is 39.9 Å². The van der Waals surface area contributed by atoms with Crippen molar-refractivity contribution in [2.24, 2.45) is 0 Å². The van der Waals surface area contributed by atoms with Crippen LogP contribution in [0.2, 0.25) is 0 Å². The maximum absolute atomic E-state index is 6.15. The SMILES string of the molecule is c1ccc(-c2nc(-c3ccc4ccc5oc6ccccc6c5c4c3)nc3ccc4ccccc4c23)cc1.c1ccc(-c2nc(-c3cccc4ccc5c6ccccc6sc5c34)nc3c2ccc2ccccc23)cc1.c1ccc(-c2nc(-c3cccc4ccc5c6ccccc6sc5c34)nc3ccc4ccccc4c23)cc1.c1ccc(-c2nc(-c3cccc4ccc5c6ccccc6sc5c34)nc3ccccc23)cc1. The molecule has 0 fully saturated rings. The van der Waals surface area contributed by atoms with Crippen molar-refractivity contribution in [3.63, 3.8) is 0 Å². The Morgan fingerprint density at radius 3 is 0.993 bits per heavy atom. The standard InChI is InChI=1S/C34H20N2O.2C34H20N2S.C30H18N2S/c1-2-9-23(10-3-1)33-32-25-11-5-4-8-21(25)16-18-28(32)35-34(36-33)24-15-14-22-17-19-30-31(27(22)20-24)26-12-6-7-13-29(26)37-30;1-2-10-23(11-3-1)31-28-20-17-21-9-4-5-13-24(21)32(28)36-34(35-31)27-15-8-12-22-18-19-26-25-14-6-7-16-29(25)37-33(26)30(22)27;1-2-10-23(11-3-1)32-31-24-13-5-4-9-21(24)18-20-28(31)35-34(36-32)27-15-8-12-22-17-19-26-25-14-6-7-16-29(25)37-33(26)30(22)27;1-2-9-20(10-3-1)28-23-13-4-6-15-25(23)31-30(32-28)24-14-8-11-19-17-18-22-21-12-5-7-16-26(21)33-29(22)27(19)24/h3*1-20H;1-18H. The lowest BCUT2D eigenvalue weighted by molar-refractivity contribution is 0.669. The van der Waals surface area contributed by atoms with Crippen LogP contribution < -0.4 is 0 Å². The molecular formula is C132H78N8OS3. The summed E-state index contributed by atoms with van der Waals surface area (Å²) >= 11 is 5.55. The minimum absolute atomic E-state index is 0.716. The molecule has 31 aromatic rings. The lowest BCUT2D eigenvalue weighted by Gasteiger charge is -2.13. The molecule has 0 radical (unpaired) electrons. The fourth-order valence-corrected chi connectivity index (χ4v) is 25.2. The molecule has 8 aromatic heterocycles. The van der Waals surface area contributed by atoms with Crippen LogP contribution in [-0.2, 0) is 0 Å². The lowest BCUT2D eigenvalue weighted by atomic mass is 9.98. The highest BCUT2D eigenvalue weighted by Gasteiger charge is 2.25. The third-order valence-corrected chi connectivity index (χ3v) is 31.7. The molecule has 0 N–H and O–H groups in total. The van der Waals surface area contributed by atoms with Crippen LogP contribution in [0.4, 0.5) is 0 Å². The second kappa shape index (κ2) is 34.9. The van der Waals surface area contributed by atoms with Crippen LogP contribution in [0, 0.1) is 0 Å². The zero-order valence-corrected chi connectivity index (χ0v) is 79.7. The number of hydrogen-bond donors (Lipinski definition) is 0. The molecule has 0 aliphatic carbocycles. The summed E-state index contributed by atoms with van der Waals surface area (Å²) in [4.78, 5) is 41.5. The van der Waals surface area contributed by atoms with Gasteiger partial charge in [0.25, 0.3) is 0 Å². The largest absolute Gasteiger partial charge is 0.456 e. The Balaban J connectivity index is 0.0000000935. The molecule has 0 saturated carbocycles. The van der Waals surface area contributed by atoms with Crippen LogP contribution in [0.1, 0.15) is 0 Å². The minimum atomic E-state index is 0.716. The van der Waals surface area contributed by atoms with Gasteiger partial charge in [-0.15, -0.1) is 34.0 Å². The van der Waals surface area contributed by atoms with Crippen molar-refractivity contribution in [2.75, 3.05) is 0 Å². The average Bonchev–Trinajstić information content (AvgIpc) is 1.44. The highest BCUT2D eigenvalue weighted by Crippen LogP contribution is 2.49. The number of rotatable bonds is 8. The predicted octanol–water partition coefficient (Wildman–Crippen LogP) is 36.9. The summed E-state index contributed by atoms with van der Waals surface area (Å²) in [6.45, 7) is 0. The van der Waals surface area contributed by atoms with Crippen molar-refractivity contribution in [3.05, 3.63) is 473 Å². The van der Waals surface area contributed by atoms with E-state index < -0.39 is 0 Å². The molecular weight excluding hydrogens is 1810 g/mol. The van der Waals surface area contributed by atoms with Crippen LogP contribution in [0.3, 0.4) is 0 Å². The summed E-state index contributed by atoms with van der Waals surface area (Å²) in [6, 6.07) is 166. The maximum atomic E-state index is 6.15. The van der Waals surface area contributed by atoms with Crippen LogP contribution >= 0.6 is 34.0 Å². The maximum Gasteiger partial charge on any atom is 0.161 e. The van der Waals surface area contributed by atoms with Gasteiger partial charge < -0.3 is 4.42 Å². The van der Waals surface area contributed by atoms with Gasteiger partial charge in [-0.1, -0.05) is 413 Å². The number of para-hydroxylation sites is 2. The Labute approximate surface area is 837 Å². The van der Waals surface area contributed by atoms with E-state index in [0.29, 0.717) is 5.82 Å². The van der Waals surface area contributed by atoms with Gasteiger partial charge in [-0.3, -0.25) is 0 Å². The number of hydrogen-bond acceptors (Lipinski definition) is 12. The number of furan rings is 1. The van der Waals surface area contributed by atoms with Crippen LogP contribution in [0.5, 0.6) is 0 Å². The summed E-state index contributed by atoms with van der Waals surface area (Å²) < 4.78 is 13.9. The number of nitrogens with zero attached hydrogens (tertiary/aromatic N) is 8. The van der Waals surface area contributed by atoms with Gasteiger partial charge in [0, 0.05) is 159 Å². The summed E-state index contributed by atoms with van der Waals surface area (Å²) in [5, 5.41) is 31.0. The van der Waals surface area contributed by atoms with Gasteiger partial charge >= 0.3 is 0 Å². The number of aromatic nitrogens is 8. The second-order valence-corrected chi connectivity index (χ2v) is 39.6. The van der Waals surface area contributed by atoms with E-state index >= 15 is 0 Å². The van der Waals surface area contributed by atoms with Gasteiger partial charge in [-0.2, -0.15) is 0 Å². The Morgan fingerprint density at radius 1 is 0.160 bits per heavy atom. The van der Waals surface area contributed by atoms with Crippen molar-refractivity contribution >= 4 is 235 Å².